The summed E-state index contributed by atoms with van der Waals surface area (Å²) < 4.78 is 7.16. The number of methoxy groups -OCH3 is 1. The van der Waals surface area contributed by atoms with Gasteiger partial charge in [0.1, 0.15) is 22.0 Å². The molecule has 29 heavy (non-hydrogen) atoms. The van der Waals surface area contributed by atoms with Gasteiger partial charge in [0, 0.05) is 18.5 Å². The van der Waals surface area contributed by atoms with Crippen LogP contribution in [0.3, 0.4) is 0 Å². The van der Waals surface area contributed by atoms with Gasteiger partial charge in [-0.25, -0.2) is 15.0 Å². The number of hydrogen-bond acceptors (Lipinski definition) is 6. The van der Waals surface area contributed by atoms with Crippen LogP contribution < -0.4 is 5.32 Å². The minimum atomic E-state index is -0.245. The van der Waals surface area contributed by atoms with Crippen LogP contribution in [0.2, 0.25) is 0 Å². The van der Waals surface area contributed by atoms with E-state index in [1.54, 1.807) is 13.3 Å². The Morgan fingerprint density at radius 1 is 1.14 bits per heavy atom. The Morgan fingerprint density at radius 3 is 2.62 bits per heavy atom. The first kappa shape index (κ1) is 19.2. The Balaban J connectivity index is 1.75. The molecule has 0 spiro atoms. The molecule has 0 radical (unpaired) electrons. The second kappa shape index (κ2) is 7.73. The standard InChI is InChI=1S/C21H21N5O2S/c1-12-5-7-15(8-6-12)26-14(3)13(2)18-19(23-11-24-20(18)26)25-21(27)16-9-22-17(29-16)10-28-4/h5-9,11H,10H2,1-4H3,(H,23,24,25,27). The SMILES string of the molecule is COCc1ncc(C(=O)Nc2ncnc3c2c(C)c(C)n3-c2ccc(C)cc2)s1. The average molecular weight is 407 g/mol. The van der Waals surface area contributed by atoms with Gasteiger partial charge in [-0.2, -0.15) is 0 Å². The molecule has 148 valence electrons. The third kappa shape index (κ3) is 3.52. The lowest BCUT2D eigenvalue weighted by Gasteiger charge is -2.08. The summed E-state index contributed by atoms with van der Waals surface area (Å²) in [4.78, 5) is 26.3. The van der Waals surface area contributed by atoms with Gasteiger partial charge in [0.25, 0.3) is 5.91 Å². The van der Waals surface area contributed by atoms with Crippen molar-refractivity contribution in [3.63, 3.8) is 0 Å². The minimum absolute atomic E-state index is 0.245. The van der Waals surface area contributed by atoms with Crippen LogP contribution in [-0.2, 0) is 11.3 Å². The molecule has 1 aromatic carbocycles. The Bertz CT molecular complexity index is 1190. The molecule has 0 aliphatic carbocycles. The van der Waals surface area contributed by atoms with E-state index in [2.05, 4.69) is 56.0 Å². The third-order valence-corrected chi connectivity index (χ3v) is 5.83. The predicted molar refractivity (Wildman–Crippen MR) is 114 cm³/mol. The van der Waals surface area contributed by atoms with Gasteiger partial charge in [0.15, 0.2) is 5.65 Å². The lowest BCUT2D eigenvalue weighted by atomic mass is 10.2. The molecular weight excluding hydrogens is 386 g/mol. The quantitative estimate of drug-likeness (QED) is 0.536. The maximum atomic E-state index is 12.7. The molecule has 0 aliphatic heterocycles. The Hall–Kier alpha value is -3.10. The number of aryl methyl sites for hydroxylation is 2. The summed E-state index contributed by atoms with van der Waals surface area (Å²) in [6.45, 7) is 6.50. The first-order chi connectivity index (χ1) is 14.0. The summed E-state index contributed by atoms with van der Waals surface area (Å²) in [5.41, 5.74) is 5.06. The second-order valence-electron chi connectivity index (χ2n) is 6.81. The second-order valence-corrected chi connectivity index (χ2v) is 7.92. The van der Waals surface area contributed by atoms with E-state index in [1.165, 1.54) is 23.2 Å². The van der Waals surface area contributed by atoms with Crippen LogP contribution in [-0.4, -0.2) is 32.5 Å². The van der Waals surface area contributed by atoms with Crippen molar-refractivity contribution in [3.8, 4) is 5.69 Å². The van der Waals surface area contributed by atoms with E-state index < -0.39 is 0 Å². The van der Waals surface area contributed by atoms with E-state index >= 15 is 0 Å². The van der Waals surface area contributed by atoms with E-state index in [0.29, 0.717) is 17.3 Å². The first-order valence-corrected chi connectivity index (χ1v) is 9.96. The molecule has 0 unspecified atom stereocenters. The average Bonchev–Trinajstić information content (AvgIpc) is 3.27. The van der Waals surface area contributed by atoms with Crippen molar-refractivity contribution in [1.29, 1.82) is 0 Å². The maximum Gasteiger partial charge on any atom is 0.268 e. The highest BCUT2D eigenvalue weighted by Crippen LogP contribution is 2.31. The van der Waals surface area contributed by atoms with Gasteiger partial charge >= 0.3 is 0 Å². The molecule has 7 nitrogen and oxygen atoms in total. The monoisotopic (exact) mass is 407 g/mol. The third-order valence-electron chi connectivity index (χ3n) is 4.86. The topological polar surface area (TPSA) is 81.9 Å². The van der Waals surface area contributed by atoms with Crippen LogP contribution in [0.25, 0.3) is 16.7 Å². The molecule has 4 aromatic rings. The highest BCUT2D eigenvalue weighted by atomic mass is 32.1. The largest absolute Gasteiger partial charge is 0.378 e. The number of carbonyl (C=O) groups excluding carboxylic acids is 1. The first-order valence-electron chi connectivity index (χ1n) is 9.14. The van der Waals surface area contributed by atoms with Crippen molar-refractivity contribution < 1.29 is 9.53 Å². The number of nitrogens with zero attached hydrogens (tertiary/aromatic N) is 4. The molecule has 3 heterocycles. The van der Waals surface area contributed by atoms with Crippen LogP contribution in [0.5, 0.6) is 0 Å². The van der Waals surface area contributed by atoms with Crippen molar-refractivity contribution in [2.75, 3.05) is 12.4 Å². The minimum Gasteiger partial charge on any atom is -0.378 e. The fourth-order valence-electron chi connectivity index (χ4n) is 3.28. The number of ether oxygens (including phenoxy) is 1. The maximum absolute atomic E-state index is 12.7. The number of benzene rings is 1. The van der Waals surface area contributed by atoms with Gasteiger partial charge in [-0.1, -0.05) is 17.7 Å². The highest BCUT2D eigenvalue weighted by Gasteiger charge is 2.20. The lowest BCUT2D eigenvalue weighted by molar-refractivity contribution is 0.103. The zero-order chi connectivity index (χ0) is 20.5. The number of carbonyl (C=O) groups is 1. The van der Waals surface area contributed by atoms with Gasteiger partial charge < -0.3 is 10.1 Å². The summed E-state index contributed by atoms with van der Waals surface area (Å²) in [7, 11) is 1.60. The van der Waals surface area contributed by atoms with Gasteiger partial charge in [-0.05, 0) is 38.5 Å². The zero-order valence-corrected chi connectivity index (χ0v) is 17.5. The van der Waals surface area contributed by atoms with Crippen LogP contribution in [0.1, 0.15) is 31.5 Å². The Labute approximate surface area is 172 Å². The Kier molecular flexibility index (Phi) is 5.12. The summed E-state index contributed by atoms with van der Waals surface area (Å²) in [5, 5.41) is 4.51. The van der Waals surface area contributed by atoms with E-state index in [4.69, 9.17) is 4.74 Å². The summed E-state index contributed by atoms with van der Waals surface area (Å²) in [6, 6.07) is 8.27. The number of anilines is 1. The summed E-state index contributed by atoms with van der Waals surface area (Å²) in [6.07, 6.45) is 3.03. The summed E-state index contributed by atoms with van der Waals surface area (Å²) in [5.74, 6) is 0.248. The zero-order valence-electron chi connectivity index (χ0n) is 16.7. The van der Waals surface area contributed by atoms with Crippen molar-refractivity contribution in [2.45, 2.75) is 27.4 Å². The highest BCUT2D eigenvalue weighted by molar-refractivity contribution is 7.13. The molecule has 4 rings (SSSR count). The number of fused-ring (bicyclic) bond motifs is 1. The number of nitrogens with one attached hydrogen (secondary N) is 1. The lowest BCUT2D eigenvalue weighted by Crippen LogP contribution is -2.12. The van der Waals surface area contributed by atoms with Crippen molar-refractivity contribution >= 4 is 34.1 Å². The predicted octanol–water partition coefficient (Wildman–Crippen LogP) is 4.20. The molecule has 0 saturated heterocycles. The van der Waals surface area contributed by atoms with Crippen LogP contribution >= 0.6 is 11.3 Å². The molecule has 0 fully saturated rings. The van der Waals surface area contributed by atoms with Crippen LogP contribution in [0, 0.1) is 20.8 Å². The number of rotatable bonds is 5. The smallest absolute Gasteiger partial charge is 0.268 e. The van der Waals surface area contributed by atoms with E-state index in [1.807, 2.05) is 13.8 Å². The normalized spacial score (nSPS) is 11.2. The van der Waals surface area contributed by atoms with Gasteiger partial charge in [0.2, 0.25) is 0 Å². The van der Waals surface area contributed by atoms with Gasteiger partial charge in [-0.15, -0.1) is 11.3 Å². The molecule has 0 saturated carbocycles. The van der Waals surface area contributed by atoms with E-state index in [-0.39, 0.29) is 5.91 Å². The number of aromatic nitrogens is 4. The molecule has 3 aromatic heterocycles. The molecule has 1 amide bonds. The molecule has 0 aliphatic rings. The summed E-state index contributed by atoms with van der Waals surface area (Å²) >= 11 is 1.30. The number of hydrogen-bond donors (Lipinski definition) is 1. The van der Waals surface area contributed by atoms with Crippen LogP contribution in [0.4, 0.5) is 5.82 Å². The fraction of sp³-hybridized carbons (Fsp3) is 0.238. The molecule has 0 bridgehead atoms. The van der Waals surface area contributed by atoms with Crippen molar-refractivity contribution in [1.82, 2.24) is 19.5 Å². The molecule has 8 heteroatoms. The fourth-order valence-corrected chi connectivity index (χ4v) is 4.06. The molecule has 0 atom stereocenters. The van der Waals surface area contributed by atoms with E-state index in [9.17, 15) is 4.79 Å². The van der Waals surface area contributed by atoms with Crippen LogP contribution in [0.15, 0.2) is 36.8 Å². The molecule has 1 N–H and O–H groups in total. The van der Waals surface area contributed by atoms with E-state index in [0.717, 1.165) is 33.0 Å². The number of amides is 1. The van der Waals surface area contributed by atoms with Gasteiger partial charge in [-0.3, -0.25) is 9.36 Å². The Morgan fingerprint density at radius 2 is 1.90 bits per heavy atom. The number of thiazole rings is 1. The van der Waals surface area contributed by atoms with Crippen molar-refractivity contribution in [3.05, 3.63) is 63.5 Å². The van der Waals surface area contributed by atoms with Crippen molar-refractivity contribution in [2.24, 2.45) is 0 Å². The van der Waals surface area contributed by atoms with Gasteiger partial charge in [0.05, 0.1) is 18.2 Å². The molecular formula is C21H21N5O2S.